The zero-order valence-corrected chi connectivity index (χ0v) is 90.0. The van der Waals surface area contributed by atoms with Crippen LogP contribution in [0.15, 0.2) is 447 Å². The van der Waals surface area contributed by atoms with E-state index in [2.05, 4.69) is 523 Å². The normalized spacial score (nSPS) is 10.8. The Bertz CT molecular complexity index is 5600. The minimum Gasteiger partial charge on any atom is -0.383 e. The van der Waals surface area contributed by atoms with E-state index < -0.39 is 50.1 Å². The van der Waals surface area contributed by atoms with Gasteiger partial charge in [-0.25, -0.2) is 19.9 Å². The number of halogens is 1. The van der Waals surface area contributed by atoms with Gasteiger partial charge in [0.1, 0.15) is 35.6 Å². The Morgan fingerprint density at radius 3 is 0.723 bits per heavy atom. The van der Waals surface area contributed by atoms with Gasteiger partial charge in [0.25, 0.3) is 0 Å². The molecule has 14 aromatic carbocycles. The van der Waals surface area contributed by atoms with E-state index in [-0.39, 0.29) is 20.4 Å². The Kier molecular flexibility index (Phi) is 45.1. The van der Waals surface area contributed by atoms with Gasteiger partial charge in [-0.2, -0.15) is 0 Å². The van der Waals surface area contributed by atoms with Gasteiger partial charge in [0.15, 0.2) is 0 Å². The summed E-state index contributed by atoms with van der Waals surface area (Å²) in [6, 6.07) is 146. The molecule has 0 fully saturated rings. The summed E-state index contributed by atoms with van der Waals surface area (Å²) in [6.45, 7) is 25.5. The molecule has 0 radical (unpaired) electrons. The topological polar surface area (TPSA) is 113 Å². The third-order valence-corrected chi connectivity index (χ3v) is 48.4. The smallest absolute Gasteiger partial charge is 0.147 e. The number of unbranched alkanes of at least 4 members (excludes halogenated alkanes) is 5. The fraction of sp³-hybridized carbons (Fsp3) is 0.180. The average Bonchev–Trinajstić information content (AvgIpc) is 1.60. The molecule has 0 aliphatic carbocycles. The second-order valence-corrected chi connectivity index (χ2v) is 56.4. The molecule has 0 bridgehead atoms. The summed E-state index contributed by atoms with van der Waals surface area (Å²) in [7, 11) is -1.78. The largest absolute Gasteiger partial charge is 0.383 e. The first-order chi connectivity index (χ1) is 66.8. The number of nitrogen functional groups attached to an aromatic ring is 2. The zero-order valence-electron chi connectivity index (χ0n) is 80.4. The second kappa shape index (κ2) is 58.1. The Morgan fingerprint density at radius 1 is 0.292 bits per heavy atom. The molecule has 0 aliphatic rings. The van der Waals surface area contributed by atoms with Crippen LogP contribution in [0.5, 0.6) is 0 Å². The van der Waals surface area contributed by atoms with E-state index in [1.165, 1.54) is 126 Å². The van der Waals surface area contributed by atoms with E-state index >= 15 is 0 Å². The average molecular weight is 2140 g/mol. The van der Waals surface area contributed by atoms with Crippen molar-refractivity contribution in [1.29, 1.82) is 0 Å². The molecule has 4 N–H and O–H groups in total. The van der Waals surface area contributed by atoms with Gasteiger partial charge in [-0.3, -0.25) is 0 Å². The van der Waals surface area contributed by atoms with E-state index in [4.69, 9.17) is 11.5 Å². The third kappa shape index (κ3) is 30.5. The molecule has 8 nitrogen and oxygen atoms in total. The van der Waals surface area contributed by atoms with E-state index in [0.717, 1.165) is 93.4 Å². The molecule has 0 saturated heterocycles. The molecule has 4 aromatic heterocycles. The minimum absolute atomic E-state index is 0. The molecule has 4 heterocycles. The number of aromatic nitrogens is 6. The molecule has 137 heavy (non-hydrogen) atoms. The van der Waals surface area contributed by atoms with Gasteiger partial charge in [0.05, 0.1) is 21.1 Å². The van der Waals surface area contributed by atoms with Gasteiger partial charge in [0, 0.05) is 44.6 Å². The Morgan fingerprint density at radius 2 is 0.504 bits per heavy atom. The molecule has 0 amide bonds. The summed E-state index contributed by atoms with van der Waals surface area (Å²) in [6.07, 6.45) is 17.9. The number of benzene rings is 14. The van der Waals surface area contributed by atoms with Crippen LogP contribution in [0.3, 0.4) is 0 Å². The van der Waals surface area contributed by atoms with E-state index in [1.54, 1.807) is 13.3 Å². The number of nitrogens with zero attached hydrogens (tertiary/aromatic N) is 6. The third-order valence-electron chi connectivity index (χ3n) is 23.7. The van der Waals surface area contributed by atoms with Crippen molar-refractivity contribution in [1.82, 2.24) is 29.1 Å². The molecule has 0 saturated carbocycles. The summed E-state index contributed by atoms with van der Waals surface area (Å²) in [5.41, 5.74) is 22.0. The first-order valence-corrected chi connectivity index (χ1v) is 61.8. The molecule has 0 spiro atoms. The van der Waals surface area contributed by atoms with Crippen molar-refractivity contribution in [2.75, 3.05) is 11.5 Å². The van der Waals surface area contributed by atoms with Crippen molar-refractivity contribution in [3.63, 3.8) is 0 Å². The minimum atomic E-state index is -1.85. The fourth-order valence-electron chi connectivity index (χ4n) is 16.6. The van der Waals surface area contributed by atoms with Gasteiger partial charge >= 0.3 is 102 Å². The van der Waals surface area contributed by atoms with Gasteiger partial charge in [-0.15, -0.1) is 0 Å². The molecule has 18 rings (SSSR count). The number of anilines is 2. The number of hydrogen-bond donors (Lipinski definition) is 2. The summed E-state index contributed by atoms with van der Waals surface area (Å²) >= 11 is 1.90. The second-order valence-electron chi connectivity index (χ2n) is 33.5. The van der Waals surface area contributed by atoms with Crippen molar-refractivity contribution < 1.29 is 20.4 Å². The number of aryl methyl sites for hydroxylation is 4. The summed E-state index contributed by atoms with van der Waals surface area (Å²) in [5.74, 6) is 1.04. The van der Waals surface area contributed by atoms with Gasteiger partial charge in [-0.1, -0.05) is 457 Å². The van der Waals surface area contributed by atoms with E-state index in [9.17, 15) is 0 Å². The number of fused-ring (bicyclic) bond motifs is 2. The molecule has 0 aliphatic heterocycles. The van der Waals surface area contributed by atoms with Crippen LogP contribution in [0.4, 0.5) is 11.6 Å². The van der Waals surface area contributed by atoms with Crippen LogP contribution in [0.1, 0.15) is 116 Å². The van der Waals surface area contributed by atoms with Crippen LogP contribution in [0.2, 0.25) is 13.3 Å². The Hall–Kier alpha value is -10.9. The maximum atomic E-state index is 6.19. The van der Waals surface area contributed by atoms with Gasteiger partial charge in [-0.05, 0) is 155 Å². The van der Waals surface area contributed by atoms with Crippen LogP contribution >= 0.6 is 47.6 Å². The molecular formula is C122H131BrN8P4PdSn. The van der Waals surface area contributed by atoms with Crippen LogP contribution in [-0.4, -0.2) is 47.4 Å². The van der Waals surface area contributed by atoms with Crippen LogP contribution in [0.25, 0.3) is 50.4 Å². The standard InChI is InChI=1S/C19H22N4.4C18H15P.C17H19BrN4.3C4H9.C2H3.Pd.Sn/c1-4-6-11-23-15(5-2)16(14-9-7-13(3)8-10-14)17-18(20)21-12-22-19(17)23;4*1-4-10-16(11-5-1)19(17-12-6-2-7-13-17)18-14-8-3-9-15-18;1-3-4-9-22-15(18)13(12-7-5-11(2)6-8-12)14-16(19)20-10-21-17(14)22;3*1-3-4-2;1-2;;/h5,7-10,12H,2,4,6,11H2,1,3H3,(H2,20,21,22);4*1-15H;5-8,10H,3-4,9H2,1-2H3,(H2,19,20,21);3*1,3-4H2,2H3;1H,2H2;;. The predicted molar refractivity (Wildman–Crippen MR) is 608 cm³/mol. The van der Waals surface area contributed by atoms with Crippen molar-refractivity contribution in [2.24, 2.45) is 0 Å². The van der Waals surface area contributed by atoms with Gasteiger partial charge < -0.3 is 20.6 Å². The van der Waals surface area contributed by atoms with Crippen molar-refractivity contribution in [3.05, 3.63) is 464 Å². The first-order valence-electron chi connectivity index (χ1n) is 48.0. The quantitative estimate of drug-likeness (QED) is 0.0331. The summed E-state index contributed by atoms with van der Waals surface area (Å²) in [4.78, 5) is 17.3. The maximum absolute atomic E-state index is 6.19. The predicted octanol–water partition coefficient (Wildman–Crippen LogP) is 28.3. The van der Waals surface area contributed by atoms with Crippen molar-refractivity contribution in [3.8, 4) is 22.3 Å². The molecule has 15 heteroatoms. The first kappa shape index (κ1) is 107. The fourth-order valence-corrected chi connectivity index (χ4v) is 39.6. The number of hydrogen-bond acceptors (Lipinski definition) is 6. The number of nitrogens with two attached hydrogens (primary N) is 2. The molecular weight excluding hydrogens is 2010 g/mol. The number of rotatable bonds is 31. The van der Waals surface area contributed by atoms with Crippen LogP contribution < -0.4 is 75.1 Å². The monoisotopic (exact) mass is 2140 g/mol. The van der Waals surface area contributed by atoms with E-state index in [1.807, 2.05) is 6.08 Å². The Balaban J connectivity index is 0.000000154. The van der Waals surface area contributed by atoms with Crippen molar-refractivity contribution >= 4 is 169 Å². The molecule has 0 atom stereocenters. The Labute approximate surface area is 847 Å². The molecule has 18 aromatic rings. The van der Waals surface area contributed by atoms with Gasteiger partial charge in [0.2, 0.25) is 0 Å². The van der Waals surface area contributed by atoms with E-state index in [0.29, 0.717) is 11.6 Å². The van der Waals surface area contributed by atoms with Crippen molar-refractivity contribution in [2.45, 2.75) is 139 Å². The van der Waals surface area contributed by atoms with Crippen LogP contribution in [-0.2, 0) is 33.5 Å². The molecule has 700 valence electrons. The SMILES string of the molecule is C=Cc1c(-c2ccc(C)cc2)c2c(N)ncnc2n1CCCC.C=[CH][Sn]([CH2]CCC)([CH2]CCC)[CH2]CCC.CCCCn1c(Br)c(-c2ccc(C)cc2)c2c(N)ncnc21.[Pd].c1ccc(P(c2ccccc2)c2ccccc2)cc1.c1ccc(P(c2ccccc2)c2ccccc2)cc1.c1ccc(P(c2ccccc2)c2ccccc2)cc1.c1ccc(P(c2ccccc2)c2ccccc2)cc1. The maximum Gasteiger partial charge on any atom is 0.147 e. The zero-order chi connectivity index (χ0) is 95.3. The molecule has 0 unspecified atom stereocenters. The summed E-state index contributed by atoms with van der Waals surface area (Å²) in [5, 5.41) is 18.6. The van der Waals surface area contributed by atoms with Crippen LogP contribution in [0, 0.1) is 13.8 Å². The summed E-state index contributed by atoms with van der Waals surface area (Å²) < 4.78 is 12.6.